The molecule has 1 unspecified atom stereocenters. The lowest BCUT2D eigenvalue weighted by atomic mass is 10.1. The number of rotatable bonds is 13. The molecule has 1 atom stereocenters. The number of unbranched alkanes of at least 4 members (excludes halogenated alkanes) is 2. The number of allylic oxidation sites excluding steroid dienone is 1. The van der Waals surface area contributed by atoms with E-state index in [1.807, 2.05) is 37.3 Å². The van der Waals surface area contributed by atoms with E-state index in [-0.39, 0.29) is 6.61 Å². The Labute approximate surface area is 153 Å². The van der Waals surface area contributed by atoms with Crippen LogP contribution >= 0.6 is 15.6 Å². The molecular formula is C16H26O8P2. The molecule has 0 aliphatic rings. The van der Waals surface area contributed by atoms with Gasteiger partial charge in [-0.2, -0.15) is 4.31 Å². The van der Waals surface area contributed by atoms with E-state index in [0.29, 0.717) is 13.2 Å². The maximum Gasteiger partial charge on any atom is 0.481 e. The molecule has 1 rings (SSSR count). The molecule has 0 radical (unpaired) electrons. The highest BCUT2D eigenvalue weighted by Crippen LogP contribution is 2.57. The van der Waals surface area contributed by atoms with Gasteiger partial charge in [0.15, 0.2) is 0 Å². The molecule has 0 heterocycles. The smallest absolute Gasteiger partial charge is 0.377 e. The molecule has 1 aromatic carbocycles. The highest BCUT2D eigenvalue weighted by atomic mass is 31.3. The van der Waals surface area contributed by atoms with Crippen LogP contribution < -0.4 is 0 Å². The van der Waals surface area contributed by atoms with Crippen molar-refractivity contribution in [3.63, 3.8) is 0 Å². The molecule has 0 amide bonds. The van der Waals surface area contributed by atoms with Crippen molar-refractivity contribution >= 4 is 15.6 Å². The standard InChI is InChI=1S/C16H26O8P2/c1-15(11-13-23-26(20,21)24-25(17,18)19)8-4-3-7-12-22-14-16-9-5-2-6-10-16/h2,5-6,9-11H,3-4,7-8,12-14H2,1H3,(H,20,21)(H2,17,18,19). The summed E-state index contributed by atoms with van der Waals surface area (Å²) < 4.78 is 35.5. The molecule has 0 saturated carbocycles. The number of ether oxygens (including phenoxy) is 1. The summed E-state index contributed by atoms with van der Waals surface area (Å²) in [5.41, 5.74) is 2.10. The third-order valence-corrected chi connectivity index (χ3v) is 5.50. The third kappa shape index (κ3) is 12.5. The molecule has 0 aliphatic carbocycles. The van der Waals surface area contributed by atoms with E-state index >= 15 is 0 Å². The molecule has 3 N–H and O–H groups in total. The largest absolute Gasteiger partial charge is 0.481 e. The fraction of sp³-hybridized carbons (Fsp3) is 0.500. The first kappa shape index (κ1) is 23.2. The average molecular weight is 408 g/mol. The quantitative estimate of drug-likeness (QED) is 0.255. The SMILES string of the molecule is CC(=CCOP(=O)(O)OP(=O)(O)O)CCCCCOCc1ccccc1. The Balaban J connectivity index is 2.08. The van der Waals surface area contributed by atoms with E-state index in [0.717, 1.165) is 36.8 Å². The van der Waals surface area contributed by atoms with Gasteiger partial charge in [-0.1, -0.05) is 48.4 Å². The summed E-state index contributed by atoms with van der Waals surface area (Å²) in [4.78, 5) is 26.1. The zero-order valence-electron chi connectivity index (χ0n) is 14.7. The molecule has 8 nitrogen and oxygen atoms in total. The van der Waals surface area contributed by atoms with E-state index < -0.39 is 15.6 Å². The molecule has 0 aromatic heterocycles. The van der Waals surface area contributed by atoms with Crippen molar-refractivity contribution in [2.45, 2.75) is 39.2 Å². The number of benzene rings is 1. The van der Waals surface area contributed by atoms with Gasteiger partial charge in [-0.25, -0.2) is 9.13 Å². The summed E-state index contributed by atoms with van der Waals surface area (Å²) in [6.07, 6.45) is 5.24. The van der Waals surface area contributed by atoms with E-state index in [4.69, 9.17) is 19.4 Å². The van der Waals surface area contributed by atoms with Gasteiger partial charge in [-0.15, -0.1) is 0 Å². The van der Waals surface area contributed by atoms with Gasteiger partial charge in [0.05, 0.1) is 13.2 Å². The zero-order chi connectivity index (χ0) is 19.5. The number of phosphoric ester groups is 1. The molecule has 0 aliphatic heterocycles. The lowest BCUT2D eigenvalue weighted by Gasteiger charge is -2.11. The van der Waals surface area contributed by atoms with Gasteiger partial charge >= 0.3 is 15.6 Å². The first-order valence-corrected chi connectivity index (χ1v) is 11.2. The van der Waals surface area contributed by atoms with Crippen LogP contribution in [0.3, 0.4) is 0 Å². The van der Waals surface area contributed by atoms with Crippen molar-refractivity contribution in [2.24, 2.45) is 0 Å². The van der Waals surface area contributed by atoms with Gasteiger partial charge in [0.2, 0.25) is 0 Å². The Morgan fingerprint density at radius 1 is 1.08 bits per heavy atom. The predicted molar refractivity (Wildman–Crippen MR) is 97.2 cm³/mol. The summed E-state index contributed by atoms with van der Waals surface area (Å²) in [6, 6.07) is 9.96. The topological polar surface area (TPSA) is 123 Å². The van der Waals surface area contributed by atoms with Gasteiger partial charge in [0.25, 0.3) is 0 Å². The van der Waals surface area contributed by atoms with Crippen LogP contribution in [0.1, 0.15) is 38.2 Å². The monoisotopic (exact) mass is 408 g/mol. The van der Waals surface area contributed by atoms with Crippen molar-refractivity contribution in [3.8, 4) is 0 Å². The maximum atomic E-state index is 11.2. The lowest BCUT2D eigenvalue weighted by molar-refractivity contribution is 0.117. The van der Waals surface area contributed by atoms with Gasteiger partial charge in [-0.05, 0) is 31.7 Å². The van der Waals surface area contributed by atoms with Gasteiger partial charge in [0, 0.05) is 6.61 Å². The number of hydrogen-bond acceptors (Lipinski definition) is 5. The van der Waals surface area contributed by atoms with Gasteiger partial charge < -0.3 is 19.4 Å². The fourth-order valence-electron chi connectivity index (χ4n) is 2.08. The Morgan fingerprint density at radius 3 is 2.42 bits per heavy atom. The second kappa shape index (κ2) is 11.8. The fourth-order valence-corrected chi connectivity index (χ4v) is 3.61. The molecule has 0 saturated heterocycles. The van der Waals surface area contributed by atoms with Crippen LogP contribution in [0.2, 0.25) is 0 Å². The van der Waals surface area contributed by atoms with Crippen molar-refractivity contribution in [3.05, 3.63) is 47.5 Å². The molecule has 26 heavy (non-hydrogen) atoms. The molecule has 0 bridgehead atoms. The summed E-state index contributed by atoms with van der Waals surface area (Å²) in [5.74, 6) is 0. The van der Waals surface area contributed by atoms with E-state index in [9.17, 15) is 9.13 Å². The molecule has 1 aromatic rings. The van der Waals surface area contributed by atoms with Crippen LogP contribution in [0.4, 0.5) is 0 Å². The second-order valence-corrected chi connectivity index (χ2v) is 8.57. The summed E-state index contributed by atoms with van der Waals surface area (Å²) in [5, 5.41) is 0. The maximum absolute atomic E-state index is 11.2. The Kier molecular flexibility index (Phi) is 10.5. The molecule has 0 fully saturated rings. The molecular weight excluding hydrogens is 382 g/mol. The Hall–Kier alpha value is -0.820. The van der Waals surface area contributed by atoms with Gasteiger partial charge in [-0.3, -0.25) is 4.52 Å². The van der Waals surface area contributed by atoms with Crippen LogP contribution in [0, 0.1) is 0 Å². The predicted octanol–water partition coefficient (Wildman–Crippen LogP) is 3.94. The minimum absolute atomic E-state index is 0.264. The van der Waals surface area contributed by atoms with Crippen molar-refractivity contribution in [2.75, 3.05) is 13.2 Å². The lowest BCUT2D eigenvalue weighted by Crippen LogP contribution is -1.96. The van der Waals surface area contributed by atoms with Crippen LogP contribution in [0.15, 0.2) is 42.0 Å². The first-order valence-electron chi connectivity index (χ1n) is 8.19. The van der Waals surface area contributed by atoms with E-state index in [1.165, 1.54) is 0 Å². The van der Waals surface area contributed by atoms with Crippen molar-refractivity contribution in [1.29, 1.82) is 0 Å². The van der Waals surface area contributed by atoms with Crippen LogP contribution in [0.25, 0.3) is 0 Å². The number of phosphoric acid groups is 2. The summed E-state index contributed by atoms with van der Waals surface area (Å²) in [6.45, 7) is 2.88. The zero-order valence-corrected chi connectivity index (χ0v) is 16.5. The normalized spacial score (nSPS) is 15.0. The number of hydrogen-bond donors (Lipinski definition) is 3. The minimum Gasteiger partial charge on any atom is -0.377 e. The van der Waals surface area contributed by atoms with Crippen molar-refractivity contribution < 1.29 is 37.4 Å². The van der Waals surface area contributed by atoms with Crippen LogP contribution in [-0.2, 0) is 29.3 Å². The van der Waals surface area contributed by atoms with Crippen LogP contribution in [0.5, 0.6) is 0 Å². The minimum atomic E-state index is -5.07. The molecule has 148 valence electrons. The van der Waals surface area contributed by atoms with Crippen molar-refractivity contribution in [1.82, 2.24) is 0 Å². The molecule has 10 heteroatoms. The van der Waals surface area contributed by atoms with Crippen LogP contribution in [-0.4, -0.2) is 27.9 Å². The third-order valence-electron chi connectivity index (χ3n) is 3.35. The summed E-state index contributed by atoms with van der Waals surface area (Å²) in [7, 11) is -9.84. The van der Waals surface area contributed by atoms with Gasteiger partial charge in [0.1, 0.15) is 0 Å². The first-order chi connectivity index (χ1) is 12.2. The second-order valence-electron chi connectivity index (χ2n) is 5.74. The summed E-state index contributed by atoms with van der Waals surface area (Å²) >= 11 is 0. The Morgan fingerprint density at radius 2 is 1.77 bits per heavy atom. The highest BCUT2D eigenvalue weighted by molar-refractivity contribution is 7.60. The molecule has 0 spiro atoms. The average Bonchev–Trinajstić information content (AvgIpc) is 2.52. The Bertz CT molecular complexity index is 641. The van der Waals surface area contributed by atoms with E-state index in [1.54, 1.807) is 6.08 Å². The van der Waals surface area contributed by atoms with E-state index in [2.05, 4.69) is 8.83 Å². The highest BCUT2D eigenvalue weighted by Gasteiger charge is 2.31.